The maximum Gasteiger partial charge on any atom is 0.260 e. The fourth-order valence-electron chi connectivity index (χ4n) is 0.409. The minimum Gasteiger partial charge on any atom is -0.380 e. The Bertz CT molecular complexity index is 145. The zero-order chi connectivity index (χ0) is 5.98. The van der Waals surface area contributed by atoms with Crippen LogP contribution in [-0.4, -0.2) is 11.1 Å². The summed E-state index contributed by atoms with van der Waals surface area (Å²) in [6, 6.07) is 0. The van der Waals surface area contributed by atoms with Gasteiger partial charge in [-0.05, 0) is 11.6 Å². The van der Waals surface area contributed by atoms with Crippen molar-refractivity contribution in [3.05, 3.63) is 11.1 Å². The molecule has 0 amide bonds. The van der Waals surface area contributed by atoms with Crippen LogP contribution in [0.15, 0.2) is 11.1 Å². The van der Waals surface area contributed by atoms with E-state index in [1.807, 2.05) is 0 Å². The molecule has 0 fully saturated rings. The van der Waals surface area contributed by atoms with Gasteiger partial charge >= 0.3 is 0 Å². The molecule has 1 aliphatic heterocycles. The molecule has 2 nitrogen and oxygen atoms in total. The molecule has 0 radical (unpaired) electrons. The van der Waals surface area contributed by atoms with Crippen molar-refractivity contribution < 1.29 is 4.79 Å². The van der Waals surface area contributed by atoms with Crippen molar-refractivity contribution in [1.82, 2.24) is 5.32 Å². The number of allylic oxidation sites excluding steroid dienone is 1. The average Bonchev–Trinajstić information content (AvgIpc) is 2.12. The van der Waals surface area contributed by atoms with Crippen LogP contribution in [0.2, 0.25) is 0 Å². The van der Waals surface area contributed by atoms with Gasteiger partial charge in [0.1, 0.15) is 0 Å². The molecule has 1 heterocycles. The highest BCUT2D eigenvalue weighted by atomic mass is 35.5. The average molecular weight is 150 g/mol. The van der Waals surface area contributed by atoms with Gasteiger partial charge in [0.15, 0.2) is 0 Å². The topological polar surface area (TPSA) is 29.1 Å². The first-order valence-corrected chi connectivity index (χ1v) is 3.43. The summed E-state index contributed by atoms with van der Waals surface area (Å²) >= 11 is 6.54. The van der Waals surface area contributed by atoms with Gasteiger partial charge in [0.05, 0.1) is 10.8 Å². The third kappa shape index (κ3) is 1.17. The highest BCUT2D eigenvalue weighted by molar-refractivity contribution is 8.04. The summed E-state index contributed by atoms with van der Waals surface area (Å²) in [5.74, 6) is 0.758. The lowest BCUT2D eigenvalue weighted by Gasteiger charge is -1.84. The number of rotatable bonds is 1. The van der Waals surface area contributed by atoms with E-state index >= 15 is 0 Å². The maximum atomic E-state index is 10.3. The van der Waals surface area contributed by atoms with E-state index in [1.165, 1.54) is 11.8 Å². The molecule has 0 aromatic carbocycles. The van der Waals surface area contributed by atoms with Crippen LogP contribution in [0.5, 0.6) is 0 Å². The van der Waals surface area contributed by atoms with E-state index in [-0.39, 0.29) is 5.24 Å². The van der Waals surface area contributed by atoms with Crippen LogP contribution in [0.3, 0.4) is 0 Å². The van der Waals surface area contributed by atoms with Crippen LogP contribution < -0.4 is 5.32 Å². The van der Waals surface area contributed by atoms with Gasteiger partial charge in [-0.3, -0.25) is 4.79 Å². The molecule has 0 aromatic rings. The lowest BCUT2D eigenvalue weighted by Crippen LogP contribution is -1.94. The molecule has 4 heteroatoms. The summed E-state index contributed by atoms with van der Waals surface area (Å²) < 4.78 is 0. The predicted molar refractivity (Wildman–Crippen MR) is 34.5 cm³/mol. The molecule has 44 valence electrons. The van der Waals surface area contributed by atoms with Crippen molar-refractivity contribution in [3.63, 3.8) is 0 Å². The van der Waals surface area contributed by atoms with Gasteiger partial charge in [0.2, 0.25) is 0 Å². The van der Waals surface area contributed by atoms with Crippen LogP contribution >= 0.6 is 23.4 Å². The number of carbonyl (C=O) groups excluding carboxylic acids is 1. The van der Waals surface area contributed by atoms with Crippen LogP contribution in [0.1, 0.15) is 0 Å². The molecule has 1 aliphatic rings. The molecule has 0 aliphatic carbocycles. The minimum atomic E-state index is -0.375. The molecule has 0 saturated carbocycles. The van der Waals surface area contributed by atoms with Crippen LogP contribution in [0.4, 0.5) is 0 Å². The molecule has 8 heavy (non-hydrogen) atoms. The first-order valence-electron chi connectivity index (χ1n) is 2.07. The quantitative estimate of drug-likeness (QED) is 0.562. The van der Waals surface area contributed by atoms with Crippen molar-refractivity contribution in [2.75, 3.05) is 5.88 Å². The summed E-state index contributed by atoms with van der Waals surface area (Å²) in [5, 5.41) is 2.47. The second-order valence-corrected chi connectivity index (χ2v) is 2.64. The van der Waals surface area contributed by atoms with E-state index in [0.29, 0.717) is 4.91 Å². The van der Waals surface area contributed by atoms with Crippen molar-refractivity contribution >= 4 is 28.6 Å². The second kappa shape index (κ2) is 2.42. The van der Waals surface area contributed by atoms with E-state index in [9.17, 15) is 4.79 Å². The van der Waals surface area contributed by atoms with Crippen molar-refractivity contribution in [2.24, 2.45) is 0 Å². The molecule has 0 aromatic heterocycles. The van der Waals surface area contributed by atoms with Gasteiger partial charge in [0, 0.05) is 6.20 Å². The van der Waals surface area contributed by atoms with Crippen molar-refractivity contribution in [2.45, 2.75) is 0 Å². The number of halogens is 1. The summed E-state index contributed by atoms with van der Waals surface area (Å²) in [6.45, 7) is 0. The van der Waals surface area contributed by atoms with Crippen LogP contribution in [0.25, 0.3) is 0 Å². The Morgan fingerprint density at radius 1 is 2.00 bits per heavy atom. The zero-order valence-electron chi connectivity index (χ0n) is 3.98. The van der Waals surface area contributed by atoms with Gasteiger partial charge in [-0.1, -0.05) is 11.8 Å². The first-order chi connectivity index (χ1) is 3.80. The van der Waals surface area contributed by atoms with E-state index in [4.69, 9.17) is 11.6 Å². The Labute approximate surface area is 56.3 Å². The SMILES string of the molecule is O=C(Cl)C1=CNCS1. The summed E-state index contributed by atoms with van der Waals surface area (Å²) in [4.78, 5) is 10.9. The van der Waals surface area contributed by atoms with Crippen LogP contribution in [0, 0.1) is 0 Å². The van der Waals surface area contributed by atoms with Crippen molar-refractivity contribution in [1.29, 1.82) is 0 Å². The third-order valence-corrected chi connectivity index (χ3v) is 1.98. The molecule has 0 bridgehead atoms. The summed E-state index contributed by atoms with van der Waals surface area (Å²) in [6.07, 6.45) is 1.62. The maximum absolute atomic E-state index is 10.3. The number of hydrogen-bond acceptors (Lipinski definition) is 3. The van der Waals surface area contributed by atoms with Gasteiger partial charge in [-0.2, -0.15) is 0 Å². The Morgan fingerprint density at radius 2 is 2.75 bits per heavy atom. The Morgan fingerprint density at radius 3 is 3.00 bits per heavy atom. The van der Waals surface area contributed by atoms with Crippen LogP contribution in [-0.2, 0) is 4.79 Å². The Balaban J connectivity index is 2.57. The summed E-state index contributed by atoms with van der Waals surface area (Å²) in [5.41, 5.74) is 0. The fraction of sp³-hybridized carbons (Fsp3) is 0.250. The second-order valence-electron chi connectivity index (χ2n) is 1.28. The Kier molecular flexibility index (Phi) is 1.81. The number of carbonyl (C=O) groups is 1. The Hall–Kier alpha value is -0.150. The fourth-order valence-corrected chi connectivity index (χ4v) is 1.23. The van der Waals surface area contributed by atoms with E-state index in [0.717, 1.165) is 5.88 Å². The third-order valence-electron chi connectivity index (χ3n) is 0.738. The molecular formula is C4H4ClNOS. The molecule has 1 N–H and O–H groups in total. The molecular weight excluding hydrogens is 146 g/mol. The van der Waals surface area contributed by atoms with Gasteiger partial charge in [-0.25, -0.2) is 0 Å². The smallest absolute Gasteiger partial charge is 0.260 e. The lowest BCUT2D eigenvalue weighted by molar-refractivity contribution is -0.107. The monoisotopic (exact) mass is 149 g/mol. The molecule has 0 unspecified atom stereocenters. The zero-order valence-corrected chi connectivity index (χ0v) is 5.55. The van der Waals surface area contributed by atoms with Gasteiger partial charge < -0.3 is 5.32 Å². The highest BCUT2D eigenvalue weighted by Gasteiger charge is 2.09. The van der Waals surface area contributed by atoms with Crippen molar-refractivity contribution in [3.8, 4) is 0 Å². The molecule has 0 saturated heterocycles. The standard InChI is InChI=1S/C4H4ClNOS/c5-4(7)3-1-6-2-8-3/h1,6H,2H2. The normalized spacial score (nSPS) is 17.4. The van der Waals surface area contributed by atoms with Gasteiger partial charge in [0.25, 0.3) is 5.24 Å². The number of hydrogen-bond donors (Lipinski definition) is 1. The van der Waals surface area contributed by atoms with Gasteiger partial charge in [-0.15, -0.1) is 0 Å². The highest BCUT2D eigenvalue weighted by Crippen LogP contribution is 2.20. The molecule has 1 rings (SSSR count). The minimum absolute atomic E-state index is 0.375. The van der Waals surface area contributed by atoms with E-state index in [2.05, 4.69) is 5.32 Å². The van der Waals surface area contributed by atoms with E-state index in [1.54, 1.807) is 6.20 Å². The largest absolute Gasteiger partial charge is 0.380 e. The number of thioether (sulfide) groups is 1. The van der Waals surface area contributed by atoms with E-state index < -0.39 is 0 Å². The summed E-state index contributed by atoms with van der Waals surface area (Å²) in [7, 11) is 0. The molecule has 0 atom stereocenters. The lowest BCUT2D eigenvalue weighted by atomic mass is 10.7. The predicted octanol–water partition coefficient (Wildman–Crippen LogP) is 0.887. The first kappa shape index (κ1) is 5.98. The molecule has 0 spiro atoms. The number of nitrogens with one attached hydrogen (secondary N) is 1.